The summed E-state index contributed by atoms with van der Waals surface area (Å²) in [6.45, 7) is 4.48. The molecule has 2 N–H and O–H groups in total. The first kappa shape index (κ1) is 34.4. The van der Waals surface area contributed by atoms with E-state index < -0.39 is 28.4 Å². The van der Waals surface area contributed by atoms with Crippen molar-refractivity contribution in [2.75, 3.05) is 51.6 Å². The lowest BCUT2D eigenvalue weighted by molar-refractivity contribution is -0.143. The number of benzene rings is 1. The Morgan fingerprint density at radius 3 is 2.35 bits per heavy atom. The van der Waals surface area contributed by atoms with E-state index >= 15 is 0 Å². The highest BCUT2D eigenvalue weighted by Crippen LogP contribution is 2.41. The number of phenolic OH excluding ortho intramolecular Hbond substituents is 1. The van der Waals surface area contributed by atoms with Crippen molar-refractivity contribution in [1.82, 2.24) is 24.5 Å². The number of halogens is 4. The van der Waals surface area contributed by atoms with Crippen LogP contribution in [0.5, 0.6) is 5.75 Å². The van der Waals surface area contributed by atoms with Gasteiger partial charge >= 0.3 is 12.2 Å². The van der Waals surface area contributed by atoms with Gasteiger partial charge in [0.25, 0.3) is 0 Å². The van der Waals surface area contributed by atoms with Crippen LogP contribution in [0.2, 0.25) is 5.02 Å². The molecule has 0 spiro atoms. The van der Waals surface area contributed by atoms with Crippen LogP contribution in [0, 0.1) is 5.92 Å². The first-order valence-corrected chi connectivity index (χ1v) is 18.4. The van der Waals surface area contributed by atoms with Gasteiger partial charge in [-0.15, -0.1) is 11.3 Å². The Kier molecular flexibility index (Phi) is 9.52. The van der Waals surface area contributed by atoms with Crippen LogP contribution in [0.15, 0.2) is 22.9 Å². The number of phenols is 1. The van der Waals surface area contributed by atoms with Crippen molar-refractivity contribution >= 4 is 46.5 Å². The van der Waals surface area contributed by atoms with Gasteiger partial charge < -0.3 is 30.0 Å². The minimum absolute atomic E-state index is 0.0398. The van der Waals surface area contributed by atoms with Crippen molar-refractivity contribution in [2.24, 2.45) is 5.92 Å². The number of likely N-dealkylation sites (N-methyl/N-ethyl adjacent to an activating group) is 1. The maximum absolute atomic E-state index is 14.1. The predicted octanol–water partition coefficient (Wildman–Crippen LogP) is 5.09. The summed E-state index contributed by atoms with van der Waals surface area (Å²) < 4.78 is 41.2. The number of piperazine rings is 1. The number of rotatable bonds is 7. The monoisotopic (exact) mass is 722 g/mol. The number of hydrogen-bond donors (Lipinski definition) is 2. The van der Waals surface area contributed by atoms with Crippen LogP contribution >= 0.6 is 22.9 Å². The van der Waals surface area contributed by atoms with Crippen LogP contribution in [0.1, 0.15) is 55.2 Å². The second-order valence-corrected chi connectivity index (χ2v) is 15.4. The summed E-state index contributed by atoms with van der Waals surface area (Å²) >= 11 is 7.56. The van der Waals surface area contributed by atoms with Gasteiger partial charge in [-0.1, -0.05) is 11.6 Å². The lowest BCUT2D eigenvalue weighted by Crippen LogP contribution is -2.54. The molecule has 5 aliphatic heterocycles. The number of piperidine rings is 2. The molecule has 4 amide bonds. The number of fused-ring (bicyclic) bond motifs is 3. The Balaban J connectivity index is 1.02. The van der Waals surface area contributed by atoms with E-state index in [9.17, 15) is 32.7 Å². The fourth-order valence-electron chi connectivity index (χ4n) is 8.60. The zero-order chi connectivity index (χ0) is 34.6. The molecule has 0 radical (unpaired) electrons. The molecule has 5 aliphatic rings. The highest BCUT2D eigenvalue weighted by atomic mass is 35.5. The van der Waals surface area contributed by atoms with Gasteiger partial charge in [0, 0.05) is 80.8 Å². The van der Waals surface area contributed by atoms with Crippen molar-refractivity contribution in [3.63, 3.8) is 0 Å². The van der Waals surface area contributed by atoms with Gasteiger partial charge in [-0.3, -0.25) is 14.5 Å². The van der Waals surface area contributed by atoms with E-state index in [0.717, 1.165) is 43.2 Å². The molecule has 4 saturated heterocycles. The number of likely N-dealkylation sites (tertiary alicyclic amines) is 4. The molecular weight excluding hydrogens is 681 g/mol. The summed E-state index contributed by atoms with van der Waals surface area (Å²) in [5.41, 5.74) is 0.775. The first-order chi connectivity index (χ1) is 23.4. The molecule has 266 valence electrons. The molecule has 7 rings (SSSR count). The number of nitrogens with zero attached hydrogens (tertiary/aromatic N) is 5. The highest BCUT2D eigenvalue weighted by molar-refractivity contribution is 7.08. The number of nitrogens with one attached hydrogen (secondary N) is 1. The number of amides is 4. The van der Waals surface area contributed by atoms with Crippen molar-refractivity contribution in [3.05, 3.63) is 44.6 Å². The third-order valence-corrected chi connectivity index (χ3v) is 12.4. The van der Waals surface area contributed by atoms with Crippen LogP contribution in [0.25, 0.3) is 0 Å². The zero-order valence-corrected chi connectivity index (χ0v) is 29.0. The second kappa shape index (κ2) is 13.6. The van der Waals surface area contributed by atoms with E-state index in [1.54, 1.807) is 9.80 Å². The van der Waals surface area contributed by atoms with Crippen LogP contribution in [-0.4, -0.2) is 118 Å². The lowest BCUT2D eigenvalue weighted by atomic mass is 9.91. The second-order valence-electron chi connectivity index (χ2n) is 14.3. The van der Waals surface area contributed by atoms with E-state index in [1.807, 2.05) is 15.7 Å². The standard InChI is InChI=1S/C34H42ClF3N6O4S/c1-40-16-26-14-25(40)17-43(26)23-4-8-42(9-5-23)32(47)21(10-20-11-27(34(36,37)38)31(46)28(35)12-20)13-30(45)41-6-2-24(3-7-41)44-15-22-18-49-19-29(22)39-33(44)48/h11-12,18-19,21,23-26,46H,2-10,13-17H2,1H3,(H,39,48)/t21-,25?,26?/m0/s1. The van der Waals surface area contributed by atoms with E-state index in [4.69, 9.17) is 11.6 Å². The van der Waals surface area contributed by atoms with Crippen molar-refractivity contribution in [1.29, 1.82) is 0 Å². The van der Waals surface area contributed by atoms with E-state index in [2.05, 4.69) is 22.2 Å². The maximum Gasteiger partial charge on any atom is 0.420 e. The molecule has 15 heteroatoms. The summed E-state index contributed by atoms with van der Waals surface area (Å²) in [5, 5.41) is 16.5. The SMILES string of the molecule is CN1CC2CC1CN2C1CCN(C(=O)[C@H](CC(=O)N2CCC(N3Cc4cscc4NC3=O)CC2)Cc2cc(Cl)c(O)c(C(F)(F)F)c2)CC1. The third-order valence-electron chi connectivity index (χ3n) is 11.3. The largest absolute Gasteiger partial charge is 0.506 e. The summed E-state index contributed by atoms with van der Waals surface area (Å²) in [4.78, 5) is 50.9. The molecular formula is C34H42ClF3N6O4S. The number of anilines is 1. The summed E-state index contributed by atoms with van der Waals surface area (Å²) in [6, 6.07) is 3.38. The number of thiophene rings is 1. The van der Waals surface area contributed by atoms with Gasteiger partial charge in [-0.2, -0.15) is 13.2 Å². The minimum atomic E-state index is -4.84. The molecule has 49 heavy (non-hydrogen) atoms. The lowest BCUT2D eigenvalue weighted by Gasteiger charge is -2.42. The molecule has 2 bridgehead atoms. The van der Waals surface area contributed by atoms with Crippen molar-refractivity contribution in [3.8, 4) is 5.75 Å². The average Bonchev–Trinajstić information content (AvgIpc) is 3.80. The van der Waals surface area contributed by atoms with E-state index in [1.165, 1.54) is 23.8 Å². The fraction of sp³-hybridized carbons (Fsp3) is 0.618. The molecule has 2 unspecified atom stereocenters. The number of carbonyl (C=O) groups excluding carboxylic acids is 3. The van der Waals surface area contributed by atoms with Gasteiger partial charge in [0.15, 0.2) is 0 Å². The Morgan fingerprint density at radius 1 is 1.00 bits per heavy atom. The molecule has 0 saturated carbocycles. The Hall–Kier alpha value is -3.07. The van der Waals surface area contributed by atoms with E-state index in [0.29, 0.717) is 63.7 Å². The molecule has 6 heterocycles. The number of carbonyl (C=O) groups is 3. The number of aromatic hydroxyl groups is 1. The van der Waals surface area contributed by atoms with Crippen molar-refractivity contribution in [2.45, 2.75) is 81.8 Å². The minimum Gasteiger partial charge on any atom is -0.506 e. The smallest absolute Gasteiger partial charge is 0.420 e. The summed E-state index contributed by atoms with van der Waals surface area (Å²) in [7, 11) is 2.17. The van der Waals surface area contributed by atoms with Gasteiger partial charge in [0.05, 0.1) is 28.7 Å². The Labute approximate surface area is 292 Å². The summed E-state index contributed by atoms with van der Waals surface area (Å²) in [6.07, 6.45) is -1.15. The quantitative estimate of drug-likeness (QED) is 0.413. The molecule has 10 nitrogen and oxygen atoms in total. The normalized spacial score (nSPS) is 24.8. The van der Waals surface area contributed by atoms with Gasteiger partial charge in [-0.05, 0) is 68.6 Å². The maximum atomic E-state index is 14.1. The zero-order valence-electron chi connectivity index (χ0n) is 27.4. The molecule has 2 aromatic rings. The summed E-state index contributed by atoms with van der Waals surface area (Å²) in [5.74, 6) is -2.45. The topological polar surface area (TPSA) is 99.7 Å². The van der Waals surface area contributed by atoms with Crippen LogP contribution in [-0.2, 0) is 28.7 Å². The molecule has 1 aromatic carbocycles. The van der Waals surface area contributed by atoms with E-state index in [-0.39, 0.29) is 42.3 Å². The molecule has 0 aliphatic carbocycles. The van der Waals surface area contributed by atoms with Gasteiger partial charge in [-0.25, -0.2) is 4.79 Å². The molecule has 4 fully saturated rings. The Morgan fingerprint density at radius 2 is 1.69 bits per heavy atom. The van der Waals surface area contributed by atoms with Crippen LogP contribution in [0.3, 0.4) is 0 Å². The number of urea groups is 1. The third kappa shape index (κ3) is 6.98. The molecule has 3 atom stereocenters. The number of hydrogen-bond acceptors (Lipinski definition) is 7. The highest BCUT2D eigenvalue weighted by Gasteiger charge is 2.45. The average molecular weight is 723 g/mol. The Bertz CT molecular complexity index is 1590. The van der Waals surface area contributed by atoms with Crippen LogP contribution < -0.4 is 5.32 Å². The molecule has 1 aromatic heterocycles. The van der Waals surface area contributed by atoms with Crippen LogP contribution in [0.4, 0.5) is 23.7 Å². The van der Waals surface area contributed by atoms with Gasteiger partial charge in [0.1, 0.15) is 5.75 Å². The fourth-order valence-corrected chi connectivity index (χ4v) is 9.62. The number of alkyl halides is 3. The van der Waals surface area contributed by atoms with Crippen molar-refractivity contribution < 1.29 is 32.7 Å². The first-order valence-electron chi connectivity index (χ1n) is 17.1. The predicted molar refractivity (Wildman–Crippen MR) is 180 cm³/mol. The van der Waals surface area contributed by atoms with Gasteiger partial charge in [0.2, 0.25) is 11.8 Å².